The molecule has 0 radical (unpaired) electrons. The van der Waals surface area contributed by atoms with E-state index in [9.17, 15) is 0 Å². The molecule has 1 fully saturated rings. The quantitative estimate of drug-likeness (QED) is 0.772. The molecule has 4 heteroatoms. The van der Waals surface area contributed by atoms with E-state index < -0.39 is 0 Å². The van der Waals surface area contributed by atoms with Gasteiger partial charge in [0.25, 0.3) is 0 Å². The smallest absolute Gasteiger partial charge is 0.151 e. The van der Waals surface area contributed by atoms with Crippen LogP contribution in [0.5, 0.6) is 0 Å². The lowest BCUT2D eigenvalue weighted by atomic mass is 9.94. The van der Waals surface area contributed by atoms with Crippen molar-refractivity contribution in [2.75, 3.05) is 17.3 Å². The average molecular weight is 254 g/mol. The molecule has 0 aliphatic heterocycles. The van der Waals surface area contributed by atoms with Gasteiger partial charge in [-0.05, 0) is 31.4 Å². The summed E-state index contributed by atoms with van der Waals surface area (Å²) in [4.78, 5) is 2.34. The van der Waals surface area contributed by atoms with Crippen LogP contribution >= 0.6 is 11.6 Å². The maximum absolute atomic E-state index is 5.92. The third kappa shape index (κ3) is 3.32. The van der Waals surface area contributed by atoms with Gasteiger partial charge in [-0.25, -0.2) is 0 Å². The Hall–Kier alpha value is -0.830. The number of hydrogen-bond donors (Lipinski definition) is 0. The highest BCUT2D eigenvalue weighted by Crippen LogP contribution is 2.26. The van der Waals surface area contributed by atoms with E-state index in [0.717, 1.165) is 17.9 Å². The number of aromatic nitrogens is 2. The van der Waals surface area contributed by atoms with Gasteiger partial charge in [0.15, 0.2) is 5.82 Å². The van der Waals surface area contributed by atoms with E-state index in [2.05, 4.69) is 28.1 Å². The molecule has 1 heterocycles. The van der Waals surface area contributed by atoms with Crippen LogP contribution < -0.4 is 4.90 Å². The first-order valence-electron chi connectivity index (χ1n) is 6.43. The second kappa shape index (κ2) is 6.20. The third-order valence-electron chi connectivity index (χ3n) is 3.41. The van der Waals surface area contributed by atoms with Gasteiger partial charge in [-0.15, -0.1) is 16.7 Å². The molecule has 0 aromatic carbocycles. The van der Waals surface area contributed by atoms with E-state index in [1.165, 1.54) is 32.1 Å². The molecule has 0 unspecified atom stereocenters. The molecule has 0 spiro atoms. The van der Waals surface area contributed by atoms with E-state index in [1.54, 1.807) is 6.20 Å². The topological polar surface area (TPSA) is 29.0 Å². The molecular weight excluding hydrogens is 234 g/mol. The molecule has 1 aliphatic carbocycles. The minimum absolute atomic E-state index is 0.596. The van der Waals surface area contributed by atoms with E-state index in [0.29, 0.717) is 11.9 Å². The van der Waals surface area contributed by atoms with Crippen molar-refractivity contribution in [3.63, 3.8) is 0 Å². The van der Waals surface area contributed by atoms with E-state index >= 15 is 0 Å². The standard InChI is InChI=1S/C13H20ClN3/c1-11-9-13(16-15-10-11)17(8-7-14)12-5-3-2-4-6-12/h9-10,12H,2-8H2,1H3. The average Bonchev–Trinajstić information content (AvgIpc) is 2.37. The molecule has 1 aromatic heterocycles. The summed E-state index contributed by atoms with van der Waals surface area (Å²) in [5.74, 6) is 1.63. The molecule has 3 nitrogen and oxygen atoms in total. The molecule has 94 valence electrons. The maximum Gasteiger partial charge on any atom is 0.151 e. The van der Waals surface area contributed by atoms with Crippen molar-refractivity contribution in [3.8, 4) is 0 Å². The Kier molecular flexibility index (Phi) is 4.60. The largest absolute Gasteiger partial charge is 0.351 e. The second-order valence-corrected chi connectivity index (χ2v) is 5.14. The molecule has 1 aliphatic rings. The summed E-state index contributed by atoms with van der Waals surface area (Å²) in [6.45, 7) is 2.92. The fourth-order valence-corrected chi connectivity index (χ4v) is 2.74. The van der Waals surface area contributed by atoms with Crippen LogP contribution in [-0.2, 0) is 0 Å². The van der Waals surface area contributed by atoms with Crippen molar-refractivity contribution in [1.82, 2.24) is 10.2 Å². The minimum Gasteiger partial charge on any atom is -0.351 e. The first kappa shape index (κ1) is 12.6. The Morgan fingerprint density at radius 2 is 2.12 bits per heavy atom. The van der Waals surface area contributed by atoms with Gasteiger partial charge in [0.1, 0.15) is 0 Å². The lowest BCUT2D eigenvalue weighted by Gasteiger charge is -2.34. The van der Waals surface area contributed by atoms with Crippen LogP contribution in [0.25, 0.3) is 0 Å². The van der Waals surface area contributed by atoms with Crippen molar-refractivity contribution < 1.29 is 0 Å². The monoisotopic (exact) mass is 253 g/mol. The number of anilines is 1. The second-order valence-electron chi connectivity index (χ2n) is 4.77. The third-order valence-corrected chi connectivity index (χ3v) is 3.58. The Balaban J connectivity index is 2.15. The summed E-state index contributed by atoms with van der Waals surface area (Å²) in [5, 5.41) is 8.30. The number of nitrogens with zero attached hydrogens (tertiary/aromatic N) is 3. The van der Waals surface area contributed by atoms with Gasteiger partial charge in [0, 0.05) is 18.5 Å². The Bertz CT molecular complexity index is 350. The first-order valence-corrected chi connectivity index (χ1v) is 6.96. The normalized spacial score (nSPS) is 17.1. The van der Waals surface area contributed by atoms with Crippen molar-refractivity contribution in [2.45, 2.75) is 45.1 Å². The summed E-state index contributed by atoms with van der Waals surface area (Å²) in [7, 11) is 0. The van der Waals surface area contributed by atoms with Crippen LogP contribution in [0.1, 0.15) is 37.7 Å². The number of halogens is 1. The Morgan fingerprint density at radius 3 is 2.76 bits per heavy atom. The summed E-state index contributed by atoms with van der Waals surface area (Å²) in [5.41, 5.74) is 1.16. The molecule has 1 aromatic rings. The zero-order valence-corrected chi connectivity index (χ0v) is 11.2. The maximum atomic E-state index is 5.92. The van der Waals surface area contributed by atoms with Crippen molar-refractivity contribution >= 4 is 17.4 Å². The lowest BCUT2D eigenvalue weighted by molar-refractivity contribution is 0.416. The van der Waals surface area contributed by atoms with Crippen LogP contribution in [0.15, 0.2) is 12.3 Å². The molecule has 1 saturated carbocycles. The summed E-state index contributed by atoms with van der Waals surface area (Å²) >= 11 is 5.92. The lowest BCUT2D eigenvalue weighted by Crippen LogP contribution is -2.39. The summed E-state index contributed by atoms with van der Waals surface area (Å²) in [6.07, 6.45) is 8.32. The molecule has 0 saturated heterocycles. The molecule has 2 rings (SSSR count). The van der Waals surface area contributed by atoms with E-state index in [4.69, 9.17) is 11.6 Å². The molecule has 0 N–H and O–H groups in total. The summed E-state index contributed by atoms with van der Waals surface area (Å²) < 4.78 is 0. The minimum atomic E-state index is 0.596. The molecule has 17 heavy (non-hydrogen) atoms. The summed E-state index contributed by atoms with van der Waals surface area (Å²) in [6, 6.07) is 2.70. The van der Waals surface area contributed by atoms with E-state index in [1.807, 2.05) is 0 Å². The highest BCUT2D eigenvalue weighted by atomic mass is 35.5. The first-order chi connectivity index (χ1) is 8.31. The van der Waals surface area contributed by atoms with Gasteiger partial charge in [0.2, 0.25) is 0 Å². The molecule has 0 bridgehead atoms. The van der Waals surface area contributed by atoms with Gasteiger partial charge in [-0.2, -0.15) is 5.10 Å². The van der Waals surface area contributed by atoms with Crippen LogP contribution in [0.4, 0.5) is 5.82 Å². The van der Waals surface area contributed by atoms with Gasteiger partial charge in [0.05, 0.1) is 6.20 Å². The van der Waals surface area contributed by atoms with Gasteiger partial charge in [-0.1, -0.05) is 19.3 Å². The predicted molar refractivity (Wildman–Crippen MR) is 71.7 cm³/mol. The fourth-order valence-electron chi connectivity index (χ4n) is 2.56. The number of hydrogen-bond acceptors (Lipinski definition) is 3. The SMILES string of the molecule is Cc1cnnc(N(CCCl)C2CCCCC2)c1. The number of aryl methyl sites for hydroxylation is 1. The van der Waals surface area contributed by atoms with E-state index in [-0.39, 0.29) is 0 Å². The van der Waals surface area contributed by atoms with Crippen molar-refractivity contribution in [1.29, 1.82) is 0 Å². The van der Waals surface area contributed by atoms with Crippen LogP contribution in [0, 0.1) is 6.92 Å². The number of rotatable bonds is 4. The van der Waals surface area contributed by atoms with Gasteiger partial charge in [-0.3, -0.25) is 0 Å². The zero-order chi connectivity index (χ0) is 12.1. The highest BCUT2D eigenvalue weighted by Gasteiger charge is 2.22. The van der Waals surface area contributed by atoms with Gasteiger partial charge >= 0.3 is 0 Å². The predicted octanol–water partition coefficient (Wildman–Crippen LogP) is 3.16. The molecule has 0 amide bonds. The fraction of sp³-hybridized carbons (Fsp3) is 0.692. The zero-order valence-electron chi connectivity index (χ0n) is 10.4. The van der Waals surface area contributed by atoms with Crippen LogP contribution in [-0.4, -0.2) is 28.7 Å². The Morgan fingerprint density at radius 1 is 1.35 bits per heavy atom. The molecule has 0 atom stereocenters. The Labute approximate surface area is 108 Å². The van der Waals surface area contributed by atoms with Crippen LogP contribution in [0.2, 0.25) is 0 Å². The highest BCUT2D eigenvalue weighted by molar-refractivity contribution is 6.18. The van der Waals surface area contributed by atoms with Crippen molar-refractivity contribution in [3.05, 3.63) is 17.8 Å². The van der Waals surface area contributed by atoms with Crippen molar-refractivity contribution in [2.24, 2.45) is 0 Å². The van der Waals surface area contributed by atoms with Crippen LogP contribution in [0.3, 0.4) is 0 Å². The van der Waals surface area contributed by atoms with Gasteiger partial charge < -0.3 is 4.90 Å². The molecular formula is C13H20ClN3. The number of alkyl halides is 1.